The van der Waals surface area contributed by atoms with E-state index in [0.29, 0.717) is 4.47 Å². The summed E-state index contributed by atoms with van der Waals surface area (Å²) in [5.41, 5.74) is 0.243. The number of hydrogen-bond donors (Lipinski definition) is 2. The van der Waals surface area contributed by atoms with E-state index in [1.807, 2.05) is 0 Å². The second-order valence-corrected chi connectivity index (χ2v) is 3.49. The Labute approximate surface area is 88.3 Å². The molecule has 0 unspecified atom stereocenters. The van der Waals surface area contributed by atoms with E-state index in [2.05, 4.69) is 15.9 Å². The average molecular weight is 259 g/mol. The Balaban J connectivity index is 3.18. The summed E-state index contributed by atoms with van der Waals surface area (Å²) >= 11 is 3.11. The van der Waals surface area contributed by atoms with Gasteiger partial charge in [0, 0.05) is 4.47 Å². The fraction of sp³-hybridized carbons (Fsp3) is 0.111. The van der Waals surface area contributed by atoms with Gasteiger partial charge in [0.1, 0.15) is 0 Å². The minimum atomic E-state index is -1.52. The van der Waals surface area contributed by atoms with Crippen LogP contribution in [0.2, 0.25) is 0 Å². The molecule has 0 fully saturated rings. The van der Waals surface area contributed by atoms with E-state index in [4.69, 9.17) is 10.2 Å². The van der Waals surface area contributed by atoms with Crippen LogP contribution in [0, 0.1) is 0 Å². The molecule has 0 atom stereocenters. The molecule has 0 saturated carbocycles. The van der Waals surface area contributed by atoms with Gasteiger partial charge in [-0.3, -0.25) is 9.59 Å². The van der Waals surface area contributed by atoms with Crippen molar-refractivity contribution in [2.75, 3.05) is 0 Å². The standard InChI is InChI=1S/C9H7BrO4/c10-6-4-2-1-3-5(6)7(8(11)12)9(13)14/h1-4,7H,(H,11,12)(H,13,14). The van der Waals surface area contributed by atoms with Crippen molar-refractivity contribution in [1.82, 2.24) is 0 Å². The topological polar surface area (TPSA) is 74.6 Å². The molecule has 0 saturated heterocycles. The number of carboxylic acids is 2. The highest BCUT2D eigenvalue weighted by atomic mass is 79.9. The first-order valence-electron chi connectivity index (χ1n) is 3.74. The van der Waals surface area contributed by atoms with Crippen molar-refractivity contribution in [3.05, 3.63) is 34.3 Å². The van der Waals surface area contributed by atoms with Crippen LogP contribution in [0.3, 0.4) is 0 Å². The highest BCUT2D eigenvalue weighted by molar-refractivity contribution is 9.10. The van der Waals surface area contributed by atoms with Crippen molar-refractivity contribution >= 4 is 27.9 Å². The number of carboxylic acid groups (broad SMARTS) is 2. The maximum Gasteiger partial charge on any atom is 0.322 e. The lowest BCUT2D eigenvalue weighted by atomic mass is 10.00. The third-order valence-electron chi connectivity index (χ3n) is 1.71. The van der Waals surface area contributed by atoms with Crippen LogP contribution in [0.5, 0.6) is 0 Å². The molecule has 0 aliphatic heterocycles. The van der Waals surface area contributed by atoms with Crippen molar-refractivity contribution < 1.29 is 19.8 Å². The molecule has 0 aliphatic rings. The van der Waals surface area contributed by atoms with Gasteiger partial charge in [-0.25, -0.2) is 0 Å². The Kier molecular flexibility index (Phi) is 3.24. The number of carbonyl (C=O) groups is 2. The van der Waals surface area contributed by atoms with Gasteiger partial charge >= 0.3 is 11.9 Å². The highest BCUT2D eigenvalue weighted by Crippen LogP contribution is 2.25. The van der Waals surface area contributed by atoms with E-state index >= 15 is 0 Å². The zero-order valence-electron chi connectivity index (χ0n) is 6.98. The van der Waals surface area contributed by atoms with Gasteiger partial charge in [0.2, 0.25) is 0 Å². The van der Waals surface area contributed by atoms with Crippen molar-refractivity contribution in [1.29, 1.82) is 0 Å². The first-order valence-corrected chi connectivity index (χ1v) is 4.53. The predicted octanol–water partition coefficient (Wildman–Crippen LogP) is 1.70. The van der Waals surface area contributed by atoms with Gasteiger partial charge in [0.05, 0.1) is 0 Å². The predicted molar refractivity (Wildman–Crippen MR) is 52.2 cm³/mol. The average Bonchev–Trinajstić information content (AvgIpc) is 2.07. The summed E-state index contributed by atoms with van der Waals surface area (Å²) in [5.74, 6) is -4.26. The molecule has 0 radical (unpaired) electrons. The van der Waals surface area contributed by atoms with E-state index in [1.54, 1.807) is 18.2 Å². The van der Waals surface area contributed by atoms with Crippen LogP contribution in [0.15, 0.2) is 28.7 Å². The van der Waals surface area contributed by atoms with Crippen LogP contribution in [0.1, 0.15) is 11.5 Å². The Morgan fingerprint density at radius 3 is 2.07 bits per heavy atom. The molecule has 1 aromatic rings. The minimum absolute atomic E-state index is 0.243. The summed E-state index contributed by atoms with van der Waals surface area (Å²) in [7, 11) is 0. The zero-order chi connectivity index (χ0) is 10.7. The molecule has 1 aromatic carbocycles. The highest BCUT2D eigenvalue weighted by Gasteiger charge is 2.29. The van der Waals surface area contributed by atoms with E-state index in [0.717, 1.165) is 0 Å². The van der Waals surface area contributed by atoms with Crippen LogP contribution in [-0.2, 0) is 9.59 Å². The Morgan fingerprint density at radius 1 is 1.14 bits per heavy atom. The van der Waals surface area contributed by atoms with Gasteiger partial charge in [-0.15, -0.1) is 0 Å². The molecule has 0 bridgehead atoms. The maximum absolute atomic E-state index is 10.7. The fourth-order valence-corrected chi connectivity index (χ4v) is 1.59. The molecule has 2 N–H and O–H groups in total. The third kappa shape index (κ3) is 2.11. The molecule has 0 aromatic heterocycles. The summed E-state index contributed by atoms with van der Waals surface area (Å²) < 4.78 is 0.481. The van der Waals surface area contributed by atoms with Crippen LogP contribution in [0.25, 0.3) is 0 Å². The molecule has 0 amide bonds. The number of hydrogen-bond acceptors (Lipinski definition) is 2. The Hall–Kier alpha value is -1.36. The summed E-state index contributed by atoms with van der Waals surface area (Å²) in [6, 6.07) is 6.36. The van der Waals surface area contributed by atoms with Crippen LogP contribution < -0.4 is 0 Å². The fourth-order valence-electron chi connectivity index (χ4n) is 1.08. The van der Waals surface area contributed by atoms with Gasteiger partial charge in [0.25, 0.3) is 0 Å². The molecular formula is C9H7BrO4. The summed E-state index contributed by atoms with van der Waals surface area (Å²) in [4.78, 5) is 21.4. The second kappa shape index (κ2) is 4.23. The molecule has 14 heavy (non-hydrogen) atoms. The Bertz CT molecular complexity index is 361. The van der Waals surface area contributed by atoms with Gasteiger partial charge in [0.15, 0.2) is 5.92 Å². The van der Waals surface area contributed by atoms with Gasteiger partial charge in [-0.05, 0) is 11.6 Å². The van der Waals surface area contributed by atoms with E-state index in [9.17, 15) is 9.59 Å². The number of benzene rings is 1. The molecular weight excluding hydrogens is 252 g/mol. The monoisotopic (exact) mass is 258 g/mol. The molecule has 0 aliphatic carbocycles. The molecule has 74 valence electrons. The lowest BCUT2D eigenvalue weighted by Crippen LogP contribution is -2.21. The zero-order valence-corrected chi connectivity index (χ0v) is 8.56. The van der Waals surface area contributed by atoms with Gasteiger partial charge < -0.3 is 10.2 Å². The second-order valence-electron chi connectivity index (χ2n) is 2.63. The Morgan fingerprint density at radius 2 is 1.64 bits per heavy atom. The summed E-state index contributed by atoms with van der Waals surface area (Å²) in [5, 5.41) is 17.4. The third-order valence-corrected chi connectivity index (χ3v) is 2.43. The summed E-state index contributed by atoms with van der Waals surface area (Å²) in [6.45, 7) is 0. The largest absolute Gasteiger partial charge is 0.480 e. The smallest absolute Gasteiger partial charge is 0.322 e. The number of halogens is 1. The van der Waals surface area contributed by atoms with E-state index in [1.165, 1.54) is 6.07 Å². The van der Waals surface area contributed by atoms with Gasteiger partial charge in [-0.1, -0.05) is 34.1 Å². The number of aliphatic carboxylic acids is 2. The molecule has 4 nitrogen and oxygen atoms in total. The van der Waals surface area contributed by atoms with Crippen molar-refractivity contribution in [3.8, 4) is 0 Å². The van der Waals surface area contributed by atoms with Crippen molar-refractivity contribution in [2.45, 2.75) is 5.92 Å². The normalized spacial score (nSPS) is 10.1. The lowest BCUT2D eigenvalue weighted by molar-refractivity contribution is -0.150. The van der Waals surface area contributed by atoms with Crippen molar-refractivity contribution in [2.24, 2.45) is 0 Å². The molecule has 0 heterocycles. The van der Waals surface area contributed by atoms with Crippen LogP contribution >= 0.6 is 15.9 Å². The van der Waals surface area contributed by atoms with Crippen LogP contribution in [-0.4, -0.2) is 22.2 Å². The van der Waals surface area contributed by atoms with Crippen molar-refractivity contribution in [3.63, 3.8) is 0 Å². The lowest BCUT2D eigenvalue weighted by Gasteiger charge is -2.08. The molecule has 0 spiro atoms. The minimum Gasteiger partial charge on any atom is -0.480 e. The first-order chi connectivity index (χ1) is 6.54. The van der Waals surface area contributed by atoms with E-state index in [-0.39, 0.29) is 5.56 Å². The molecule has 5 heteroatoms. The number of rotatable bonds is 3. The first kappa shape index (κ1) is 10.7. The summed E-state index contributed by atoms with van der Waals surface area (Å²) in [6.07, 6.45) is 0. The quantitative estimate of drug-likeness (QED) is 0.810. The van der Waals surface area contributed by atoms with Crippen LogP contribution in [0.4, 0.5) is 0 Å². The SMILES string of the molecule is O=C(O)C(C(=O)O)c1ccccc1Br. The van der Waals surface area contributed by atoms with E-state index < -0.39 is 17.9 Å². The van der Waals surface area contributed by atoms with Gasteiger partial charge in [-0.2, -0.15) is 0 Å². The maximum atomic E-state index is 10.7. The molecule has 1 rings (SSSR count).